The Morgan fingerprint density at radius 3 is 2.48 bits per heavy atom. The Hall–Kier alpha value is -2.86. The van der Waals surface area contributed by atoms with Crippen LogP contribution in [0.2, 0.25) is 0 Å². The zero-order valence-electron chi connectivity index (χ0n) is 17.1. The number of ketones is 1. The summed E-state index contributed by atoms with van der Waals surface area (Å²) in [6, 6.07) is 8.10. The molecular weight excluding hydrogens is 373 g/mol. The molecule has 0 saturated carbocycles. The lowest BCUT2D eigenvalue weighted by atomic mass is 9.93. The van der Waals surface area contributed by atoms with Gasteiger partial charge in [0.1, 0.15) is 18.0 Å². The number of hydrogen-bond acceptors (Lipinski definition) is 5. The third-order valence-corrected chi connectivity index (χ3v) is 4.41. The Bertz CT molecular complexity index is 904. The van der Waals surface area contributed by atoms with E-state index in [0.717, 1.165) is 28.1 Å². The average Bonchev–Trinajstić information content (AvgIpc) is 2.66. The van der Waals surface area contributed by atoms with E-state index in [-0.39, 0.29) is 24.6 Å². The molecule has 1 aromatic carbocycles. The Kier molecular flexibility index (Phi) is 7.79. The first-order chi connectivity index (χ1) is 13.7. The molecule has 0 fully saturated rings. The third-order valence-electron chi connectivity index (χ3n) is 4.41. The fourth-order valence-corrected chi connectivity index (χ4v) is 3.00. The van der Waals surface area contributed by atoms with Gasteiger partial charge in [-0.15, -0.1) is 0 Å². The van der Waals surface area contributed by atoms with E-state index < -0.39 is 17.9 Å². The molecule has 0 spiro atoms. The highest BCUT2D eigenvalue weighted by Crippen LogP contribution is 2.31. The number of Topliss-reactive ketones (excluding diaryl/α,β-unsaturated/α-hetero) is 1. The predicted octanol–water partition coefficient (Wildman–Crippen LogP) is 4.22. The Morgan fingerprint density at radius 2 is 1.90 bits per heavy atom. The zero-order valence-corrected chi connectivity index (χ0v) is 17.1. The minimum atomic E-state index is -1.05. The smallest absolute Gasteiger partial charge is 0.313 e. The lowest BCUT2D eigenvalue weighted by Gasteiger charge is -2.16. The van der Waals surface area contributed by atoms with E-state index >= 15 is 0 Å². The van der Waals surface area contributed by atoms with Gasteiger partial charge in [0.05, 0.1) is 18.9 Å². The molecule has 1 aromatic heterocycles. The van der Waals surface area contributed by atoms with Gasteiger partial charge in [0.2, 0.25) is 0 Å². The highest BCUT2D eigenvalue weighted by molar-refractivity contribution is 5.95. The number of ether oxygens (including phenoxy) is 1. The molecule has 0 aliphatic heterocycles. The van der Waals surface area contributed by atoms with Gasteiger partial charge < -0.3 is 9.84 Å². The monoisotopic (exact) mass is 399 g/mol. The van der Waals surface area contributed by atoms with Crippen LogP contribution in [0.15, 0.2) is 36.4 Å². The van der Waals surface area contributed by atoms with Crippen LogP contribution in [0.3, 0.4) is 0 Å². The number of aryl methyl sites for hydroxylation is 1. The minimum Gasteiger partial charge on any atom is -0.469 e. The standard InChI is InChI=1S/C23H26FNO4/c1-14(2)23-20(10-9-18(26)12-19(27)13-22(28)29-4)21(11-15(3)25-23)16-5-7-17(24)8-6-16/h5-11,14,18,26H,12-13H2,1-4H3. The zero-order chi connectivity index (χ0) is 21.6. The van der Waals surface area contributed by atoms with Crippen LogP contribution < -0.4 is 0 Å². The number of methoxy groups -OCH3 is 1. The number of carbonyl (C=O) groups excluding carboxylic acids is 2. The normalized spacial score (nSPS) is 12.4. The summed E-state index contributed by atoms with van der Waals surface area (Å²) in [7, 11) is 1.21. The first-order valence-electron chi connectivity index (χ1n) is 9.43. The summed E-state index contributed by atoms with van der Waals surface area (Å²) in [4.78, 5) is 27.6. The lowest BCUT2D eigenvalue weighted by molar-refractivity contribution is -0.143. The van der Waals surface area contributed by atoms with Crippen LogP contribution in [0, 0.1) is 12.7 Å². The van der Waals surface area contributed by atoms with Gasteiger partial charge in [0, 0.05) is 17.7 Å². The second-order valence-electron chi connectivity index (χ2n) is 7.19. The Balaban J connectivity index is 2.37. The van der Waals surface area contributed by atoms with Crippen LogP contribution in [-0.2, 0) is 14.3 Å². The van der Waals surface area contributed by atoms with Gasteiger partial charge in [-0.3, -0.25) is 14.6 Å². The molecule has 0 bridgehead atoms. The second-order valence-corrected chi connectivity index (χ2v) is 7.19. The second kappa shape index (κ2) is 10.1. The van der Waals surface area contributed by atoms with Crippen molar-refractivity contribution < 1.29 is 23.8 Å². The number of rotatable bonds is 8. The van der Waals surface area contributed by atoms with Gasteiger partial charge in [-0.1, -0.05) is 38.1 Å². The molecule has 0 radical (unpaired) electrons. The van der Waals surface area contributed by atoms with Gasteiger partial charge in [0.15, 0.2) is 0 Å². The van der Waals surface area contributed by atoms with Crippen molar-refractivity contribution in [2.75, 3.05) is 7.11 Å². The molecular formula is C23H26FNO4. The molecule has 1 N–H and O–H groups in total. The van der Waals surface area contributed by atoms with Crippen LogP contribution in [0.25, 0.3) is 17.2 Å². The maximum atomic E-state index is 13.4. The number of carbonyl (C=O) groups is 2. The molecule has 0 aliphatic rings. The summed E-state index contributed by atoms with van der Waals surface area (Å²) < 4.78 is 17.8. The first-order valence-corrected chi connectivity index (χ1v) is 9.43. The molecule has 6 heteroatoms. The summed E-state index contributed by atoms with van der Waals surface area (Å²) in [6.07, 6.45) is 1.64. The van der Waals surface area contributed by atoms with Crippen molar-refractivity contribution in [1.82, 2.24) is 4.98 Å². The highest BCUT2D eigenvalue weighted by atomic mass is 19.1. The van der Waals surface area contributed by atoms with E-state index in [0.29, 0.717) is 0 Å². The molecule has 2 rings (SSSR count). The van der Waals surface area contributed by atoms with E-state index in [9.17, 15) is 19.1 Å². The fourth-order valence-electron chi connectivity index (χ4n) is 3.00. The number of nitrogens with zero attached hydrogens (tertiary/aromatic N) is 1. The number of aliphatic hydroxyl groups excluding tert-OH is 1. The molecule has 1 unspecified atom stereocenters. The summed E-state index contributed by atoms with van der Waals surface area (Å²) >= 11 is 0. The average molecular weight is 399 g/mol. The number of esters is 1. The summed E-state index contributed by atoms with van der Waals surface area (Å²) in [5.74, 6) is -1.24. The van der Waals surface area contributed by atoms with Crippen molar-refractivity contribution in [2.24, 2.45) is 0 Å². The maximum absolute atomic E-state index is 13.4. The van der Waals surface area contributed by atoms with E-state index in [2.05, 4.69) is 9.72 Å². The number of aromatic nitrogens is 1. The van der Waals surface area contributed by atoms with Crippen molar-refractivity contribution >= 4 is 17.8 Å². The van der Waals surface area contributed by atoms with Crippen molar-refractivity contribution in [2.45, 2.75) is 45.6 Å². The molecule has 1 atom stereocenters. The molecule has 0 saturated heterocycles. The van der Waals surface area contributed by atoms with Gasteiger partial charge in [-0.25, -0.2) is 4.39 Å². The Labute approximate surface area is 170 Å². The van der Waals surface area contributed by atoms with Gasteiger partial charge in [0.25, 0.3) is 0 Å². The van der Waals surface area contributed by atoms with Gasteiger partial charge in [-0.2, -0.15) is 0 Å². The molecule has 29 heavy (non-hydrogen) atoms. The van der Waals surface area contributed by atoms with Crippen LogP contribution in [0.5, 0.6) is 0 Å². The number of halogens is 1. The minimum absolute atomic E-state index is 0.117. The number of benzene rings is 1. The molecule has 0 aliphatic carbocycles. The molecule has 154 valence electrons. The predicted molar refractivity (Wildman–Crippen MR) is 110 cm³/mol. The first kappa shape index (κ1) is 22.4. The Morgan fingerprint density at radius 1 is 1.24 bits per heavy atom. The van der Waals surface area contributed by atoms with Crippen molar-refractivity contribution in [1.29, 1.82) is 0 Å². The lowest BCUT2D eigenvalue weighted by Crippen LogP contribution is -2.15. The van der Waals surface area contributed by atoms with Crippen LogP contribution >= 0.6 is 0 Å². The highest BCUT2D eigenvalue weighted by Gasteiger charge is 2.16. The van der Waals surface area contributed by atoms with Crippen LogP contribution in [-0.4, -0.2) is 35.1 Å². The number of pyridine rings is 1. The summed E-state index contributed by atoms with van der Waals surface area (Å²) in [6.45, 7) is 5.93. The van der Waals surface area contributed by atoms with E-state index in [1.165, 1.54) is 25.3 Å². The van der Waals surface area contributed by atoms with Crippen molar-refractivity contribution in [3.05, 3.63) is 59.2 Å². The molecule has 5 nitrogen and oxygen atoms in total. The third kappa shape index (κ3) is 6.32. The van der Waals surface area contributed by atoms with Crippen molar-refractivity contribution in [3.8, 4) is 11.1 Å². The van der Waals surface area contributed by atoms with Gasteiger partial charge in [-0.05, 0) is 42.2 Å². The van der Waals surface area contributed by atoms with Crippen LogP contribution in [0.1, 0.15) is 49.6 Å². The topological polar surface area (TPSA) is 76.5 Å². The van der Waals surface area contributed by atoms with Crippen LogP contribution in [0.4, 0.5) is 4.39 Å². The molecule has 0 amide bonds. The molecule has 1 heterocycles. The van der Waals surface area contributed by atoms with Crippen molar-refractivity contribution in [3.63, 3.8) is 0 Å². The number of aliphatic hydroxyl groups is 1. The van der Waals surface area contributed by atoms with E-state index in [4.69, 9.17) is 0 Å². The summed E-state index contributed by atoms with van der Waals surface area (Å²) in [5, 5.41) is 10.2. The largest absolute Gasteiger partial charge is 0.469 e. The SMILES string of the molecule is COC(=O)CC(=O)CC(O)C=Cc1c(-c2ccc(F)cc2)cc(C)nc1C(C)C. The fraction of sp³-hybridized carbons (Fsp3) is 0.348. The quantitative estimate of drug-likeness (QED) is 0.531. The molecule has 2 aromatic rings. The van der Waals surface area contributed by atoms with E-state index in [1.54, 1.807) is 18.2 Å². The summed E-state index contributed by atoms with van der Waals surface area (Å²) in [5.41, 5.74) is 4.17. The number of hydrogen-bond donors (Lipinski definition) is 1. The van der Waals surface area contributed by atoms with E-state index in [1.807, 2.05) is 26.8 Å². The maximum Gasteiger partial charge on any atom is 0.313 e. The van der Waals surface area contributed by atoms with Gasteiger partial charge >= 0.3 is 5.97 Å².